The highest BCUT2D eigenvalue weighted by Gasteiger charge is 2.31. The number of hydrogen-bond donors (Lipinski definition) is 0. The van der Waals surface area contributed by atoms with E-state index in [0.717, 1.165) is 0 Å². The molecule has 0 spiro atoms. The summed E-state index contributed by atoms with van der Waals surface area (Å²) < 4.78 is 0. The highest BCUT2D eigenvalue weighted by Crippen LogP contribution is 2.24. The molecule has 0 aliphatic rings. The third-order valence-corrected chi connectivity index (χ3v) is 12.6. The highest BCUT2D eigenvalue weighted by molar-refractivity contribution is 6.99. The van der Waals surface area contributed by atoms with Crippen LogP contribution in [0.3, 0.4) is 0 Å². The van der Waals surface area contributed by atoms with Crippen LogP contribution in [0.5, 0.6) is 0 Å². The number of allylic oxidation sites excluding steroid dienone is 1. The van der Waals surface area contributed by atoms with Crippen LogP contribution in [0.4, 0.5) is 0 Å². The molecule has 2 aromatic rings. The third kappa shape index (κ3) is 5.55. The average Bonchev–Trinajstić information content (AvgIpc) is 2.65. The fourth-order valence-electron chi connectivity index (χ4n) is 3.73. The van der Waals surface area contributed by atoms with Crippen molar-refractivity contribution in [3.05, 3.63) is 71.6 Å². The van der Waals surface area contributed by atoms with Crippen LogP contribution in [-0.4, -0.2) is 16.1 Å². The topological polar surface area (TPSA) is 0 Å². The first-order valence-electron chi connectivity index (χ1n) is 10.2. The highest BCUT2D eigenvalue weighted by atomic mass is 28.3. The molecule has 0 bridgehead atoms. The Morgan fingerprint density at radius 3 is 1.81 bits per heavy atom. The second-order valence-electron chi connectivity index (χ2n) is 8.56. The molecule has 0 saturated carbocycles. The van der Waals surface area contributed by atoms with E-state index in [-0.39, 0.29) is 0 Å². The molecule has 0 nitrogen and oxygen atoms in total. The summed E-state index contributed by atoms with van der Waals surface area (Å²) in [6, 6.07) is 22.4. The van der Waals surface area contributed by atoms with Crippen molar-refractivity contribution in [3.63, 3.8) is 0 Å². The summed E-state index contributed by atoms with van der Waals surface area (Å²) >= 11 is 0. The summed E-state index contributed by atoms with van der Waals surface area (Å²) in [7, 11) is -3.20. The Hall–Kier alpha value is -1.39. The molecule has 26 heavy (non-hydrogen) atoms. The molecule has 0 heterocycles. The lowest BCUT2D eigenvalue weighted by molar-refractivity contribution is 0.670. The maximum Gasteiger partial charge on any atom is 0.106 e. The van der Waals surface area contributed by atoms with Crippen molar-refractivity contribution in [1.29, 1.82) is 0 Å². The predicted molar refractivity (Wildman–Crippen MR) is 124 cm³/mol. The summed E-state index contributed by atoms with van der Waals surface area (Å²) in [5.41, 5.74) is 2.74. The molecule has 2 heteroatoms. The van der Waals surface area contributed by atoms with Crippen LogP contribution in [0.25, 0.3) is 0 Å². The van der Waals surface area contributed by atoms with Gasteiger partial charge in [0.05, 0.1) is 0 Å². The second-order valence-corrected chi connectivity index (χ2v) is 17.3. The standard InChI is InChI=1S/C24H36Si2/c1-6-7-8-11-20-24(26(4,5)23-18-14-10-15-19-23)21-25(2,3)22-16-12-9-13-17-22/h9-10,12-19,21H,6-8,11,20H2,1-5H3/b24-21+. The van der Waals surface area contributed by atoms with E-state index in [1.165, 1.54) is 32.1 Å². The molecule has 0 N–H and O–H groups in total. The lowest BCUT2D eigenvalue weighted by atomic mass is 10.1. The first-order chi connectivity index (χ1) is 12.4. The Morgan fingerprint density at radius 2 is 1.27 bits per heavy atom. The normalized spacial score (nSPS) is 13.0. The van der Waals surface area contributed by atoms with Crippen LogP contribution in [0, 0.1) is 0 Å². The van der Waals surface area contributed by atoms with Crippen molar-refractivity contribution >= 4 is 26.5 Å². The van der Waals surface area contributed by atoms with Crippen molar-refractivity contribution < 1.29 is 0 Å². The Bertz CT molecular complexity index is 685. The molecule has 0 amide bonds. The van der Waals surface area contributed by atoms with Crippen LogP contribution >= 0.6 is 0 Å². The first-order valence-corrected chi connectivity index (χ1v) is 16.3. The Morgan fingerprint density at radius 1 is 0.731 bits per heavy atom. The molecule has 2 rings (SSSR count). The average molecular weight is 381 g/mol. The molecule has 0 atom stereocenters. The van der Waals surface area contributed by atoms with Crippen molar-refractivity contribution in [2.24, 2.45) is 0 Å². The predicted octanol–water partition coefficient (Wildman–Crippen LogP) is 6.19. The van der Waals surface area contributed by atoms with Gasteiger partial charge in [0.2, 0.25) is 0 Å². The summed E-state index contributed by atoms with van der Waals surface area (Å²) in [5.74, 6) is 0. The largest absolute Gasteiger partial charge is 0.106 e. The molecule has 0 aliphatic carbocycles. The van der Waals surface area contributed by atoms with E-state index in [1.807, 2.05) is 0 Å². The van der Waals surface area contributed by atoms with Gasteiger partial charge in [-0.05, 0) is 12.8 Å². The Balaban J connectivity index is 2.37. The molecule has 0 saturated heterocycles. The number of rotatable bonds is 9. The van der Waals surface area contributed by atoms with E-state index in [4.69, 9.17) is 0 Å². The fraction of sp³-hybridized carbons (Fsp3) is 0.417. The summed E-state index contributed by atoms with van der Waals surface area (Å²) in [6.45, 7) is 12.4. The van der Waals surface area contributed by atoms with E-state index >= 15 is 0 Å². The van der Waals surface area contributed by atoms with Gasteiger partial charge in [-0.2, -0.15) is 0 Å². The van der Waals surface area contributed by atoms with Gasteiger partial charge in [0, 0.05) is 0 Å². The molecule has 0 unspecified atom stereocenters. The zero-order chi connectivity index (χ0) is 19.0. The minimum Gasteiger partial charge on any atom is -0.0946 e. The molecular formula is C24H36Si2. The monoisotopic (exact) mass is 380 g/mol. The zero-order valence-corrected chi connectivity index (χ0v) is 19.4. The Kier molecular flexibility index (Phi) is 7.66. The van der Waals surface area contributed by atoms with E-state index in [0.29, 0.717) is 0 Å². The molecule has 0 aliphatic heterocycles. The Labute approximate surface area is 163 Å². The van der Waals surface area contributed by atoms with Gasteiger partial charge in [-0.1, -0.05) is 134 Å². The first kappa shape index (κ1) is 20.9. The van der Waals surface area contributed by atoms with Gasteiger partial charge in [0.25, 0.3) is 0 Å². The second kappa shape index (κ2) is 9.52. The number of benzene rings is 2. The lowest BCUT2D eigenvalue weighted by Gasteiger charge is -2.31. The fourth-order valence-corrected chi connectivity index (χ4v) is 10.7. The van der Waals surface area contributed by atoms with Gasteiger partial charge in [0.1, 0.15) is 16.1 Å². The van der Waals surface area contributed by atoms with E-state index in [2.05, 4.69) is 99.5 Å². The van der Waals surface area contributed by atoms with E-state index < -0.39 is 16.1 Å². The lowest BCUT2D eigenvalue weighted by Crippen LogP contribution is -2.47. The van der Waals surface area contributed by atoms with Crippen molar-refractivity contribution in [2.45, 2.75) is 65.2 Å². The molecule has 140 valence electrons. The molecule has 0 fully saturated rings. The SMILES string of the molecule is CCCCCC/C(=C\[Si](C)(C)c1ccccc1)[Si](C)(C)c1ccccc1. The minimum atomic E-state index is -1.62. The van der Waals surface area contributed by atoms with Gasteiger partial charge in [0.15, 0.2) is 0 Å². The molecule has 0 aromatic heterocycles. The van der Waals surface area contributed by atoms with Gasteiger partial charge in [-0.15, -0.1) is 0 Å². The van der Waals surface area contributed by atoms with Crippen LogP contribution in [0.2, 0.25) is 26.2 Å². The third-order valence-electron chi connectivity index (χ3n) is 5.65. The van der Waals surface area contributed by atoms with Crippen LogP contribution < -0.4 is 10.4 Å². The van der Waals surface area contributed by atoms with Gasteiger partial charge in [-0.25, -0.2) is 0 Å². The van der Waals surface area contributed by atoms with Gasteiger partial charge >= 0.3 is 0 Å². The zero-order valence-electron chi connectivity index (χ0n) is 17.4. The molecule has 2 aromatic carbocycles. The molecular weight excluding hydrogens is 344 g/mol. The van der Waals surface area contributed by atoms with Crippen molar-refractivity contribution in [2.75, 3.05) is 0 Å². The number of hydrogen-bond acceptors (Lipinski definition) is 0. The quantitative estimate of drug-likeness (QED) is 0.359. The summed E-state index contributed by atoms with van der Waals surface area (Å²) in [5, 5.41) is 4.88. The van der Waals surface area contributed by atoms with Crippen LogP contribution in [-0.2, 0) is 0 Å². The maximum absolute atomic E-state index is 2.74. The minimum absolute atomic E-state index is 1.28. The molecule has 0 radical (unpaired) electrons. The summed E-state index contributed by atoms with van der Waals surface area (Å²) in [6.07, 6.45) is 6.64. The van der Waals surface area contributed by atoms with Gasteiger partial charge in [-0.3, -0.25) is 0 Å². The smallest absolute Gasteiger partial charge is 0.0946 e. The van der Waals surface area contributed by atoms with Crippen LogP contribution in [0.1, 0.15) is 39.0 Å². The maximum atomic E-state index is 2.74. The number of unbranched alkanes of at least 4 members (excludes halogenated alkanes) is 3. The van der Waals surface area contributed by atoms with Crippen molar-refractivity contribution in [3.8, 4) is 0 Å². The van der Waals surface area contributed by atoms with Crippen LogP contribution in [0.15, 0.2) is 71.6 Å². The van der Waals surface area contributed by atoms with Gasteiger partial charge < -0.3 is 0 Å². The van der Waals surface area contributed by atoms with Crippen molar-refractivity contribution in [1.82, 2.24) is 0 Å². The summed E-state index contributed by atoms with van der Waals surface area (Å²) in [4.78, 5) is 0. The van der Waals surface area contributed by atoms with E-state index in [9.17, 15) is 0 Å². The van der Waals surface area contributed by atoms with E-state index in [1.54, 1.807) is 15.6 Å².